The van der Waals surface area contributed by atoms with E-state index in [1.54, 1.807) is 6.20 Å². The van der Waals surface area contributed by atoms with Crippen molar-refractivity contribution in [3.63, 3.8) is 0 Å². The number of nitrogens with zero attached hydrogens (tertiary/aromatic N) is 1. The van der Waals surface area contributed by atoms with E-state index in [-0.39, 0.29) is 11.1 Å². The molecule has 110 valence electrons. The van der Waals surface area contributed by atoms with Gasteiger partial charge in [0.2, 0.25) is 0 Å². The van der Waals surface area contributed by atoms with E-state index < -0.39 is 0 Å². The monoisotopic (exact) mass is 268 g/mol. The molecule has 1 aromatic rings. The summed E-state index contributed by atoms with van der Waals surface area (Å²) in [5.74, 6) is 1.59. The van der Waals surface area contributed by atoms with Crippen molar-refractivity contribution < 1.29 is 9.15 Å². The zero-order valence-corrected chi connectivity index (χ0v) is 13.2. The Kier molecular flexibility index (Phi) is 5.56. The van der Waals surface area contributed by atoms with Crippen molar-refractivity contribution in [2.24, 2.45) is 0 Å². The van der Waals surface area contributed by atoms with Crippen LogP contribution in [0.2, 0.25) is 0 Å². The molecule has 0 aliphatic heterocycles. The Morgan fingerprint density at radius 2 is 1.89 bits per heavy atom. The minimum absolute atomic E-state index is 0.149. The van der Waals surface area contributed by atoms with Crippen molar-refractivity contribution in [3.05, 3.63) is 17.8 Å². The zero-order valence-electron chi connectivity index (χ0n) is 13.2. The van der Waals surface area contributed by atoms with Gasteiger partial charge in [-0.1, -0.05) is 0 Å². The number of aromatic nitrogens is 1. The summed E-state index contributed by atoms with van der Waals surface area (Å²) in [6, 6.07) is 0. The summed E-state index contributed by atoms with van der Waals surface area (Å²) in [6.07, 6.45) is 3.65. The van der Waals surface area contributed by atoms with Gasteiger partial charge in [0.1, 0.15) is 12.4 Å². The molecule has 4 nitrogen and oxygen atoms in total. The van der Waals surface area contributed by atoms with E-state index >= 15 is 0 Å². The second kappa shape index (κ2) is 6.53. The second-order valence-electron chi connectivity index (χ2n) is 6.90. The van der Waals surface area contributed by atoms with Gasteiger partial charge < -0.3 is 14.5 Å². The molecular weight excluding hydrogens is 240 g/mol. The Bertz CT molecular complexity index is 372. The van der Waals surface area contributed by atoms with E-state index in [0.29, 0.717) is 6.61 Å². The van der Waals surface area contributed by atoms with Gasteiger partial charge in [-0.2, -0.15) is 0 Å². The molecular formula is C15H28N2O2. The number of hydrogen-bond acceptors (Lipinski definition) is 4. The first-order chi connectivity index (χ1) is 8.66. The molecule has 0 spiro atoms. The number of aryl methyl sites for hydroxylation is 1. The van der Waals surface area contributed by atoms with Crippen molar-refractivity contribution in [1.29, 1.82) is 0 Å². The number of oxazole rings is 1. The summed E-state index contributed by atoms with van der Waals surface area (Å²) < 4.78 is 11.3. The first kappa shape index (κ1) is 16.2. The minimum Gasteiger partial charge on any atom is -0.443 e. The average molecular weight is 268 g/mol. The van der Waals surface area contributed by atoms with Gasteiger partial charge in [-0.05, 0) is 54.5 Å². The molecule has 0 unspecified atom stereocenters. The van der Waals surface area contributed by atoms with E-state index in [4.69, 9.17) is 9.15 Å². The third-order valence-corrected chi connectivity index (χ3v) is 2.47. The molecule has 4 heteroatoms. The summed E-state index contributed by atoms with van der Waals surface area (Å²) in [5, 5.41) is 3.45. The third kappa shape index (κ3) is 8.01. The van der Waals surface area contributed by atoms with Crippen LogP contribution in [0, 0.1) is 0 Å². The van der Waals surface area contributed by atoms with Gasteiger partial charge in [0.15, 0.2) is 5.89 Å². The van der Waals surface area contributed by atoms with Gasteiger partial charge in [0.05, 0.1) is 11.8 Å². The normalized spacial score (nSPS) is 12.9. The second-order valence-corrected chi connectivity index (χ2v) is 6.90. The number of ether oxygens (including phenoxy) is 1. The lowest BCUT2D eigenvalue weighted by Crippen LogP contribution is -2.36. The first-order valence-electron chi connectivity index (χ1n) is 6.98. The lowest BCUT2D eigenvalue weighted by Gasteiger charge is -2.20. The molecule has 0 atom stereocenters. The standard InChI is InChI=1S/C15H28N2O2/c1-14(2,3)17-9-7-8-13-16-10-12(19-13)11-18-15(4,5)6/h10,17H,7-9,11H2,1-6H3. The van der Waals surface area contributed by atoms with Crippen LogP contribution in [0.3, 0.4) is 0 Å². The maximum atomic E-state index is 5.65. The van der Waals surface area contributed by atoms with E-state index in [2.05, 4.69) is 31.1 Å². The first-order valence-corrected chi connectivity index (χ1v) is 6.98. The van der Waals surface area contributed by atoms with Gasteiger partial charge in [0, 0.05) is 12.0 Å². The predicted octanol–water partition coefficient (Wildman–Crippen LogP) is 3.31. The molecule has 0 fully saturated rings. The topological polar surface area (TPSA) is 47.3 Å². The largest absolute Gasteiger partial charge is 0.443 e. The van der Waals surface area contributed by atoms with Crippen LogP contribution in [0.4, 0.5) is 0 Å². The molecule has 0 bridgehead atoms. The Morgan fingerprint density at radius 1 is 1.21 bits per heavy atom. The van der Waals surface area contributed by atoms with Crippen molar-refractivity contribution >= 4 is 0 Å². The molecule has 0 saturated carbocycles. The number of rotatable bonds is 6. The lowest BCUT2D eigenvalue weighted by molar-refractivity contribution is -0.0227. The van der Waals surface area contributed by atoms with Gasteiger partial charge in [-0.3, -0.25) is 0 Å². The summed E-state index contributed by atoms with van der Waals surface area (Å²) >= 11 is 0. The average Bonchev–Trinajstić information content (AvgIpc) is 2.67. The maximum absolute atomic E-state index is 5.65. The molecule has 0 aromatic carbocycles. The smallest absolute Gasteiger partial charge is 0.194 e. The van der Waals surface area contributed by atoms with E-state index in [9.17, 15) is 0 Å². The molecule has 0 saturated heterocycles. The predicted molar refractivity (Wildman–Crippen MR) is 77.1 cm³/mol. The Morgan fingerprint density at radius 3 is 2.47 bits per heavy atom. The van der Waals surface area contributed by atoms with Crippen LogP contribution in [0.15, 0.2) is 10.6 Å². The van der Waals surface area contributed by atoms with Gasteiger partial charge >= 0.3 is 0 Å². The highest BCUT2D eigenvalue weighted by Crippen LogP contribution is 2.13. The number of nitrogens with one attached hydrogen (secondary N) is 1. The molecule has 1 heterocycles. The minimum atomic E-state index is -0.149. The zero-order chi connectivity index (χ0) is 14.5. The number of hydrogen-bond donors (Lipinski definition) is 1. The van der Waals surface area contributed by atoms with Crippen LogP contribution >= 0.6 is 0 Å². The van der Waals surface area contributed by atoms with Crippen molar-refractivity contribution in [2.45, 2.75) is 72.1 Å². The SMILES string of the molecule is CC(C)(C)NCCCc1ncc(COC(C)(C)C)o1. The van der Waals surface area contributed by atoms with E-state index in [1.165, 1.54) is 0 Å². The van der Waals surface area contributed by atoms with Gasteiger partial charge in [-0.25, -0.2) is 4.98 Å². The van der Waals surface area contributed by atoms with E-state index in [0.717, 1.165) is 31.0 Å². The molecule has 0 aliphatic carbocycles. The molecule has 19 heavy (non-hydrogen) atoms. The lowest BCUT2D eigenvalue weighted by atomic mass is 10.1. The fraction of sp³-hybridized carbons (Fsp3) is 0.800. The molecule has 0 amide bonds. The van der Waals surface area contributed by atoms with E-state index in [1.807, 2.05) is 20.8 Å². The highest BCUT2D eigenvalue weighted by atomic mass is 16.5. The third-order valence-electron chi connectivity index (χ3n) is 2.47. The van der Waals surface area contributed by atoms with Crippen LogP contribution < -0.4 is 5.32 Å². The quantitative estimate of drug-likeness (QED) is 0.804. The van der Waals surface area contributed by atoms with Crippen LogP contribution in [0.5, 0.6) is 0 Å². The summed E-state index contributed by atoms with van der Waals surface area (Å²) in [6.45, 7) is 14.0. The summed E-state index contributed by atoms with van der Waals surface area (Å²) in [7, 11) is 0. The van der Waals surface area contributed by atoms with Crippen LogP contribution in [-0.2, 0) is 17.8 Å². The Balaban J connectivity index is 2.27. The van der Waals surface area contributed by atoms with Crippen LogP contribution in [-0.4, -0.2) is 22.7 Å². The van der Waals surface area contributed by atoms with Crippen molar-refractivity contribution in [1.82, 2.24) is 10.3 Å². The van der Waals surface area contributed by atoms with Crippen molar-refractivity contribution in [2.75, 3.05) is 6.54 Å². The Labute approximate surface area is 116 Å². The molecule has 1 N–H and O–H groups in total. The molecule has 1 aromatic heterocycles. The molecule has 1 rings (SSSR count). The Hall–Kier alpha value is -0.870. The highest BCUT2D eigenvalue weighted by molar-refractivity contribution is 4.93. The summed E-state index contributed by atoms with van der Waals surface area (Å²) in [4.78, 5) is 4.28. The maximum Gasteiger partial charge on any atom is 0.194 e. The van der Waals surface area contributed by atoms with Gasteiger partial charge in [0.25, 0.3) is 0 Å². The molecule has 0 radical (unpaired) electrons. The van der Waals surface area contributed by atoms with Gasteiger partial charge in [-0.15, -0.1) is 0 Å². The van der Waals surface area contributed by atoms with Crippen LogP contribution in [0.1, 0.15) is 59.6 Å². The fourth-order valence-corrected chi connectivity index (χ4v) is 1.52. The summed E-state index contributed by atoms with van der Waals surface area (Å²) in [5.41, 5.74) is 0.0197. The highest BCUT2D eigenvalue weighted by Gasteiger charge is 2.12. The fourth-order valence-electron chi connectivity index (χ4n) is 1.52. The van der Waals surface area contributed by atoms with Crippen LogP contribution in [0.25, 0.3) is 0 Å². The van der Waals surface area contributed by atoms with Crippen molar-refractivity contribution in [3.8, 4) is 0 Å². The molecule has 0 aliphatic rings.